The second kappa shape index (κ2) is 7.22. The van der Waals surface area contributed by atoms with Crippen molar-refractivity contribution >= 4 is 39.1 Å². The fourth-order valence-corrected chi connectivity index (χ4v) is 2.29. The Morgan fingerprint density at radius 2 is 1.73 bits per heavy atom. The van der Waals surface area contributed by atoms with E-state index in [1.54, 1.807) is 18.2 Å². The van der Waals surface area contributed by atoms with Gasteiger partial charge in [0.2, 0.25) is 0 Å². The van der Waals surface area contributed by atoms with Crippen molar-refractivity contribution in [2.45, 2.75) is 20.3 Å². The Balaban J connectivity index is 2.06. The number of hydrogen-bond donors (Lipinski definition) is 2. The van der Waals surface area contributed by atoms with Crippen molar-refractivity contribution in [1.82, 2.24) is 0 Å². The molecule has 5 heteroatoms. The van der Waals surface area contributed by atoms with Gasteiger partial charge in [-0.05, 0) is 48.7 Å². The average molecular weight is 361 g/mol. The number of carbonyl (C=O) groups excluding carboxylic acids is 2. The van der Waals surface area contributed by atoms with Crippen LogP contribution < -0.4 is 10.6 Å². The second-order valence-corrected chi connectivity index (χ2v) is 5.74. The zero-order valence-electron chi connectivity index (χ0n) is 12.4. The molecule has 0 aromatic heterocycles. The van der Waals surface area contributed by atoms with Gasteiger partial charge in [0.15, 0.2) is 0 Å². The Kier molecular flexibility index (Phi) is 5.33. The van der Waals surface area contributed by atoms with Gasteiger partial charge in [-0.3, -0.25) is 9.59 Å². The Labute approximate surface area is 138 Å². The van der Waals surface area contributed by atoms with Crippen LogP contribution in [-0.2, 0) is 16.0 Å². The largest absolute Gasteiger partial charge is 0.318 e. The molecule has 0 saturated heterocycles. The number of carbonyl (C=O) groups is 2. The number of halogens is 1. The van der Waals surface area contributed by atoms with Gasteiger partial charge in [0, 0.05) is 15.8 Å². The Morgan fingerprint density at radius 1 is 1.05 bits per heavy atom. The molecule has 2 amide bonds. The van der Waals surface area contributed by atoms with Crippen LogP contribution in [0.15, 0.2) is 46.9 Å². The minimum atomic E-state index is -0.687. The number of amides is 2. The van der Waals surface area contributed by atoms with Crippen molar-refractivity contribution < 1.29 is 9.59 Å². The van der Waals surface area contributed by atoms with Crippen molar-refractivity contribution in [2.24, 2.45) is 0 Å². The van der Waals surface area contributed by atoms with Gasteiger partial charge in [-0.2, -0.15) is 0 Å². The lowest BCUT2D eigenvalue weighted by Gasteiger charge is -2.10. The third-order valence-electron chi connectivity index (χ3n) is 3.27. The van der Waals surface area contributed by atoms with Crippen LogP contribution in [0.1, 0.15) is 18.1 Å². The van der Waals surface area contributed by atoms with Crippen molar-refractivity contribution in [3.05, 3.63) is 58.1 Å². The summed E-state index contributed by atoms with van der Waals surface area (Å²) in [6.45, 7) is 3.91. The number of anilines is 2. The molecule has 0 spiro atoms. The first-order valence-electron chi connectivity index (χ1n) is 6.97. The molecule has 0 atom stereocenters. The molecular formula is C17H17BrN2O2. The van der Waals surface area contributed by atoms with Crippen LogP contribution >= 0.6 is 15.9 Å². The maximum atomic E-state index is 12.0. The molecule has 0 fully saturated rings. The highest BCUT2D eigenvalue weighted by Gasteiger charge is 2.15. The van der Waals surface area contributed by atoms with E-state index in [4.69, 9.17) is 0 Å². The summed E-state index contributed by atoms with van der Waals surface area (Å²) < 4.78 is 0.951. The fraction of sp³-hybridized carbons (Fsp3) is 0.176. The van der Waals surface area contributed by atoms with E-state index < -0.39 is 11.8 Å². The number of hydrogen-bond acceptors (Lipinski definition) is 2. The minimum Gasteiger partial charge on any atom is -0.318 e. The zero-order valence-corrected chi connectivity index (χ0v) is 14.0. The van der Waals surface area contributed by atoms with E-state index in [-0.39, 0.29) is 0 Å². The van der Waals surface area contributed by atoms with E-state index >= 15 is 0 Å². The summed E-state index contributed by atoms with van der Waals surface area (Å²) in [4.78, 5) is 24.0. The molecule has 0 bridgehead atoms. The zero-order chi connectivity index (χ0) is 16.1. The van der Waals surface area contributed by atoms with Crippen molar-refractivity contribution in [1.29, 1.82) is 0 Å². The van der Waals surface area contributed by atoms with Crippen LogP contribution in [0.2, 0.25) is 0 Å². The summed E-state index contributed by atoms with van der Waals surface area (Å²) in [5.74, 6) is -1.37. The number of aryl methyl sites for hydroxylation is 2. The normalized spacial score (nSPS) is 10.1. The first-order chi connectivity index (χ1) is 10.5. The van der Waals surface area contributed by atoms with E-state index in [1.165, 1.54) is 0 Å². The topological polar surface area (TPSA) is 58.2 Å². The van der Waals surface area contributed by atoms with Crippen molar-refractivity contribution in [3.8, 4) is 0 Å². The summed E-state index contributed by atoms with van der Waals surface area (Å²) in [5.41, 5.74) is 3.22. The minimum absolute atomic E-state index is 0.588. The van der Waals surface area contributed by atoms with E-state index in [0.29, 0.717) is 11.4 Å². The van der Waals surface area contributed by atoms with Gasteiger partial charge < -0.3 is 10.6 Å². The Hall–Kier alpha value is -2.14. The van der Waals surface area contributed by atoms with E-state index in [1.807, 2.05) is 38.1 Å². The van der Waals surface area contributed by atoms with E-state index in [9.17, 15) is 9.59 Å². The molecule has 0 saturated carbocycles. The SMILES string of the molecule is CCc1ccccc1NC(=O)C(=O)Nc1ccc(Br)c(C)c1. The predicted molar refractivity (Wildman–Crippen MR) is 92.0 cm³/mol. The van der Waals surface area contributed by atoms with Crippen LogP contribution in [0, 0.1) is 6.92 Å². The van der Waals surface area contributed by atoms with Crippen LogP contribution in [0.5, 0.6) is 0 Å². The number of nitrogens with one attached hydrogen (secondary N) is 2. The molecule has 0 unspecified atom stereocenters. The van der Waals surface area contributed by atoms with Gasteiger partial charge in [-0.1, -0.05) is 41.1 Å². The molecule has 2 rings (SSSR count). The number of benzene rings is 2. The molecule has 0 radical (unpaired) electrons. The molecule has 114 valence electrons. The molecule has 22 heavy (non-hydrogen) atoms. The van der Waals surface area contributed by atoms with Crippen molar-refractivity contribution in [2.75, 3.05) is 10.6 Å². The smallest absolute Gasteiger partial charge is 0.314 e. The van der Waals surface area contributed by atoms with Crippen molar-refractivity contribution in [3.63, 3.8) is 0 Å². The molecule has 0 aliphatic rings. The van der Waals surface area contributed by atoms with Gasteiger partial charge in [0.05, 0.1) is 0 Å². The summed E-state index contributed by atoms with van der Waals surface area (Å²) in [6, 6.07) is 12.8. The highest BCUT2D eigenvalue weighted by molar-refractivity contribution is 9.10. The maximum Gasteiger partial charge on any atom is 0.314 e. The second-order valence-electron chi connectivity index (χ2n) is 4.88. The summed E-state index contributed by atoms with van der Waals surface area (Å²) in [5, 5.41) is 5.24. The molecule has 2 aromatic carbocycles. The highest BCUT2D eigenvalue weighted by atomic mass is 79.9. The molecule has 0 aliphatic heterocycles. The van der Waals surface area contributed by atoms with Gasteiger partial charge in [-0.25, -0.2) is 0 Å². The Bertz CT molecular complexity index is 714. The fourth-order valence-electron chi connectivity index (χ4n) is 2.04. The lowest BCUT2D eigenvalue weighted by molar-refractivity contribution is -0.133. The maximum absolute atomic E-state index is 12.0. The number of rotatable bonds is 3. The highest BCUT2D eigenvalue weighted by Crippen LogP contribution is 2.20. The lowest BCUT2D eigenvalue weighted by Crippen LogP contribution is -2.29. The molecular weight excluding hydrogens is 344 g/mol. The summed E-state index contributed by atoms with van der Waals surface area (Å²) in [6.07, 6.45) is 0.782. The lowest BCUT2D eigenvalue weighted by atomic mass is 10.1. The van der Waals surface area contributed by atoms with Crippen LogP contribution in [-0.4, -0.2) is 11.8 Å². The molecule has 0 aliphatic carbocycles. The first-order valence-corrected chi connectivity index (χ1v) is 7.77. The quantitative estimate of drug-likeness (QED) is 0.815. The first kappa shape index (κ1) is 16.2. The van der Waals surface area contributed by atoms with Crippen LogP contribution in [0.25, 0.3) is 0 Å². The van der Waals surface area contributed by atoms with Crippen LogP contribution in [0.4, 0.5) is 11.4 Å². The average Bonchev–Trinajstić information content (AvgIpc) is 2.51. The molecule has 0 heterocycles. The van der Waals surface area contributed by atoms with Gasteiger partial charge >= 0.3 is 11.8 Å². The number of para-hydroxylation sites is 1. The van der Waals surface area contributed by atoms with Gasteiger partial charge in [0.1, 0.15) is 0 Å². The summed E-state index contributed by atoms with van der Waals surface area (Å²) >= 11 is 3.39. The summed E-state index contributed by atoms with van der Waals surface area (Å²) in [7, 11) is 0. The molecule has 4 nitrogen and oxygen atoms in total. The van der Waals surface area contributed by atoms with Gasteiger partial charge in [0.25, 0.3) is 0 Å². The van der Waals surface area contributed by atoms with E-state index in [2.05, 4.69) is 26.6 Å². The third kappa shape index (κ3) is 3.95. The van der Waals surface area contributed by atoms with Gasteiger partial charge in [-0.15, -0.1) is 0 Å². The van der Waals surface area contributed by atoms with E-state index in [0.717, 1.165) is 22.0 Å². The predicted octanol–water partition coefficient (Wildman–Crippen LogP) is 3.90. The molecule has 2 aromatic rings. The van der Waals surface area contributed by atoms with Crippen LogP contribution in [0.3, 0.4) is 0 Å². The molecule has 2 N–H and O–H groups in total. The standard InChI is InChI=1S/C17H17BrN2O2/c1-3-12-6-4-5-7-15(12)20-17(22)16(21)19-13-8-9-14(18)11(2)10-13/h4-10H,3H2,1-2H3,(H,19,21)(H,20,22). The Morgan fingerprint density at radius 3 is 2.41 bits per heavy atom. The monoisotopic (exact) mass is 360 g/mol. The third-order valence-corrected chi connectivity index (χ3v) is 4.16.